The van der Waals surface area contributed by atoms with Gasteiger partial charge >= 0.3 is 0 Å². The first-order valence-corrected chi connectivity index (χ1v) is 11.4. The maximum Gasteiger partial charge on any atom is 0.145 e. The third-order valence-corrected chi connectivity index (χ3v) is 6.90. The number of hydrogen-bond donors (Lipinski definition) is 0. The zero-order chi connectivity index (χ0) is 20.9. The Morgan fingerprint density at radius 2 is 1.48 bits per heavy atom. The van der Waals surface area contributed by atoms with Gasteiger partial charge in [0.1, 0.15) is 5.65 Å². The van der Waals surface area contributed by atoms with Crippen molar-refractivity contribution in [2.45, 2.75) is 33.1 Å². The number of benzene rings is 3. The number of nitrogens with zero attached hydrogens (tertiary/aromatic N) is 3. The second kappa shape index (κ2) is 7.12. The monoisotopic (exact) mass is 405 g/mol. The fraction of sp³-hybridized carbons (Fsp3) is 0.250. The van der Waals surface area contributed by atoms with E-state index in [4.69, 9.17) is 4.98 Å². The largest absolute Gasteiger partial charge is 0.372 e. The number of pyridine rings is 1. The van der Waals surface area contributed by atoms with Crippen molar-refractivity contribution in [2.75, 3.05) is 18.0 Å². The molecule has 3 aromatic carbocycles. The number of rotatable bonds is 2. The average molecular weight is 406 g/mol. The van der Waals surface area contributed by atoms with Gasteiger partial charge < -0.3 is 4.90 Å². The van der Waals surface area contributed by atoms with Crippen molar-refractivity contribution in [1.29, 1.82) is 0 Å². The Balaban J connectivity index is 1.71. The molecule has 154 valence electrons. The maximum absolute atomic E-state index is 4.92. The van der Waals surface area contributed by atoms with Gasteiger partial charge in [-0.1, -0.05) is 42.5 Å². The summed E-state index contributed by atoms with van der Waals surface area (Å²) in [5.41, 5.74) is 8.63. The number of imidazole rings is 1. The maximum atomic E-state index is 4.92. The molecule has 0 radical (unpaired) electrons. The summed E-state index contributed by atoms with van der Waals surface area (Å²) >= 11 is 0. The molecule has 1 aliphatic rings. The lowest BCUT2D eigenvalue weighted by molar-refractivity contribution is 0.578. The molecule has 5 aromatic rings. The molecule has 3 nitrogen and oxygen atoms in total. The molecule has 31 heavy (non-hydrogen) atoms. The van der Waals surface area contributed by atoms with Crippen LogP contribution in [0.3, 0.4) is 0 Å². The summed E-state index contributed by atoms with van der Waals surface area (Å²) in [4.78, 5) is 7.46. The highest BCUT2D eigenvalue weighted by Gasteiger charge is 2.18. The minimum absolute atomic E-state index is 1.03. The van der Waals surface area contributed by atoms with Crippen molar-refractivity contribution in [1.82, 2.24) is 9.38 Å². The van der Waals surface area contributed by atoms with Gasteiger partial charge in [0, 0.05) is 35.1 Å². The van der Waals surface area contributed by atoms with Crippen LogP contribution in [-0.2, 0) is 0 Å². The van der Waals surface area contributed by atoms with E-state index in [0.717, 1.165) is 18.7 Å². The lowest BCUT2D eigenvalue weighted by atomic mass is 9.99. The average Bonchev–Trinajstić information content (AvgIpc) is 3.24. The molecule has 1 saturated heterocycles. The SMILES string of the molecule is Cc1cccc(C)c1-c1cnc2c3ccccc3c3cc(N4CCCCC4)ccc3n12. The van der Waals surface area contributed by atoms with Gasteiger partial charge in [0.05, 0.1) is 17.4 Å². The Bertz CT molecular complexity index is 1420. The van der Waals surface area contributed by atoms with Crippen LogP contribution in [0.2, 0.25) is 0 Å². The molecule has 1 fully saturated rings. The van der Waals surface area contributed by atoms with Crippen molar-refractivity contribution < 1.29 is 0 Å². The Labute approximate surface area is 182 Å². The van der Waals surface area contributed by atoms with E-state index in [-0.39, 0.29) is 0 Å². The Morgan fingerprint density at radius 1 is 0.742 bits per heavy atom. The van der Waals surface area contributed by atoms with Crippen LogP contribution in [0.15, 0.2) is 66.9 Å². The molecule has 1 aliphatic heterocycles. The minimum Gasteiger partial charge on any atom is -0.372 e. The van der Waals surface area contributed by atoms with Crippen LogP contribution in [0, 0.1) is 13.8 Å². The Kier molecular flexibility index (Phi) is 4.24. The fourth-order valence-electron chi connectivity index (χ4n) is 5.38. The molecule has 0 N–H and O–H groups in total. The summed E-state index contributed by atoms with van der Waals surface area (Å²) in [6.45, 7) is 6.70. The molecule has 0 atom stereocenters. The predicted octanol–water partition coefficient (Wildman–Crippen LogP) is 6.91. The van der Waals surface area contributed by atoms with E-state index in [1.807, 2.05) is 0 Å². The van der Waals surface area contributed by atoms with Crippen LogP contribution < -0.4 is 4.90 Å². The van der Waals surface area contributed by atoms with Gasteiger partial charge in [0.2, 0.25) is 0 Å². The van der Waals surface area contributed by atoms with Gasteiger partial charge in [-0.3, -0.25) is 4.40 Å². The Hall–Kier alpha value is -3.33. The predicted molar refractivity (Wildman–Crippen MR) is 131 cm³/mol. The van der Waals surface area contributed by atoms with Crippen molar-refractivity contribution in [3.63, 3.8) is 0 Å². The minimum atomic E-state index is 1.03. The molecule has 3 heterocycles. The molecule has 6 rings (SSSR count). The molecular formula is C28H27N3. The zero-order valence-electron chi connectivity index (χ0n) is 18.2. The summed E-state index contributed by atoms with van der Waals surface area (Å²) in [7, 11) is 0. The zero-order valence-corrected chi connectivity index (χ0v) is 18.2. The smallest absolute Gasteiger partial charge is 0.145 e. The highest BCUT2D eigenvalue weighted by molar-refractivity contribution is 6.13. The molecule has 0 amide bonds. The molecule has 0 spiro atoms. The highest BCUT2D eigenvalue weighted by Crippen LogP contribution is 2.36. The summed E-state index contributed by atoms with van der Waals surface area (Å²) in [5, 5.41) is 3.79. The second-order valence-corrected chi connectivity index (χ2v) is 8.86. The third-order valence-electron chi connectivity index (χ3n) is 6.90. The van der Waals surface area contributed by atoms with Crippen molar-refractivity contribution in [3.8, 4) is 11.3 Å². The molecular weight excluding hydrogens is 378 g/mol. The van der Waals surface area contributed by atoms with E-state index in [1.165, 1.54) is 69.0 Å². The summed E-state index contributed by atoms with van der Waals surface area (Å²) < 4.78 is 2.37. The number of fused-ring (bicyclic) bond motifs is 6. The molecule has 0 bridgehead atoms. The first-order valence-electron chi connectivity index (χ1n) is 11.4. The number of piperidine rings is 1. The first kappa shape index (κ1) is 18.4. The molecule has 0 unspecified atom stereocenters. The number of anilines is 1. The first-order chi connectivity index (χ1) is 15.2. The van der Waals surface area contributed by atoms with Crippen LogP contribution in [0.5, 0.6) is 0 Å². The summed E-state index contributed by atoms with van der Waals surface area (Å²) in [6.07, 6.45) is 5.98. The lowest BCUT2D eigenvalue weighted by Gasteiger charge is -2.29. The fourth-order valence-corrected chi connectivity index (χ4v) is 5.38. The summed E-state index contributed by atoms with van der Waals surface area (Å²) in [6, 6.07) is 22.2. The van der Waals surface area contributed by atoms with E-state index >= 15 is 0 Å². The van der Waals surface area contributed by atoms with E-state index in [9.17, 15) is 0 Å². The standard InChI is InChI=1S/C28H27N3/c1-19-9-8-10-20(2)27(19)26-18-29-28-23-12-5-4-11-22(23)24-17-21(13-14-25(24)31(26)28)30-15-6-3-7-16-30/h4-5,8-14,17-18H,3,6-7,15-16H2,1-2H3. The van der Waals surface area contributed by atoms with Gasteiger partial charge in [0.15, 0.2) is 0 Å². The molecule has 2 aromatic heterocycles. The van der Waals surface area contributed by atoms with Crippen LogP contribution in [0.1, 0.15) is 30.4 Å². The number of hydrogen-bond acceptors (Lipinski definition) is 2. The van der Waals surface area contributed by atoms with Gasteiger partial charge in [-0.25, -0.2) is 4.98 Å². The van der Waals surface area contributed by atoms with Gasteiger partial charge in [-0.2, -0.15) is 0 Å². The highest BCUT2D eigenvalue weighted by atomic mass is 15.1. The summed E-state index contributed by atoms with van der Waals surface area (Å²) in [5.74, 6) is 0. The normalized spacial score (nSPS) is 14.7. The van der Waals surface area contributed by atoms with Gasteiger partial charge in [0.25, 0.3) is 0 Å². The Morgan fingerprint density at radius 3 is 2.26 bits per heavy atom. The lowest BCUT2D eigenvalue weighted by Crippen LogP contribution is -2.29. The molecule has 0 aliphatic carbocycles. The van der Waals surface area contributed by atoms with E-state index in [1.54, 1.807) is 0 Å². The van der Waals surface area contributed by atoms with Crippen LogP contribution in [-0.4, -0.2) is 22.5 Å². The number of aromatic nitrogens is 2. The molecule has 3 heteroatoms. The van der Waals surface area contributed by atoms with Gasteiger partial charge in [-0.05, 0) is 67.8 Å². The van der Waals surface area contributed by atoms with Crippen LogP contribution in [0.4, 0.5) is 5.69 Å². The number of aryl methyl sites for hydroxylation is 2. The molecule has 0 saturated carbocycles. The van der Waals surface area contributed by atoms with E-state index in [0.29, 0.717) is 0 Å². The second-order valence-electron chi connectivity index (χ2n) is 8.86. The van der Waals surface area contributed by atoms with Crippen molar-refractivity contribution in [3.05, 3.63) is 78.0 Å². The van der Waals surface area contributed by atoms with Crippen LogP contribution >= 0.6 is 0 Å². The topological polar surface area (TPSA) is 20.5 Å². The van der Waals surface area contributed by atoms with Crippen molar-refractivity contribution >= 4 is 33.0 Å². The van der Waals surface area contributed by atoms with E-state index < -0.39 is 0 Å². The quantitative estimate of drug-likeness (QED) is 0.297. The van der Waals surface area contributed by atoms with Crippen LogP contribution in [0.25, 0.3) is 38.6 Å². The van der Waals surface area contributed by atoms with E-state index in [2.05, 4.69) is 90.0 Å². The van der Waals surface area contributed by atoms with Crippen molar-refractivity contribution in [2.24, 2.45) is 0 Å². The third kappa shape index (κ3) is 2.83. The van der Waals surface area contributed by atoms with Gasteiger partial charge in [-0.15, -0.1) is 0 Å².